The molecule has 1 unspecified atom stereocenters. The predicted octanol–water partition coefficient (Wildman–Crippen LogP) is 4.07. The molecule has 0 bridgehead atoms. The number of ether oxygens (including phenoxy) is 1. The van der Waals surface area contributed by atoms with E-state index in [0.29, 0.717) is 18.2 Å². The molecule has 0 spiro atoms. The standard InChI is InChI=1S/C22H28N4O2/c1-6-8-15(2)18-11-12-21(17(4)13-18)28-14-19-16(3)9-7-10-20(19)26-22(27)25(5)23-24-26/h7,9-13,15H,6,8,14H2,1-5H3. The smallest absolute Gasteiger partial charge is 0.368 e. The number of benzene rings is 2. The molecular formula is C22H28N4O2. The largest absolute Gasteiger partial charge is 0.489 e. The first-order valence-electron chi connectivity index (χ1n) is 9.73. The molecule has 0 aliphatic rings. The Morgan fingerprint density at radius 2 is 1.89 bits per heavy atom. The number of aromatic nitrogens is 4. The topological polar surface area (TPSA) is 61.9 Å². The van der Waals surface area contributed by atoms with Gasteiger partial charge in [-0.2, -0.15) is 9.36 Å². The van der Waals surface area contributed by atoms with E-state index in [2.05, 4.69) is 43.3 Å². The number of tetrazole rings is 1. The van der Waals surface area contributed by atoms with E-state index < -0.39 is 0 Å². The Hall–Kier alpha value is -2.89. The summed E-state index contributed by atoms with van der Waals surface area (Å²) in [6.45, 7) is 8.91. The highest BCUT2D eigenvalue weighted by atomic mass is 16.5. The zero-order valence-corrected chi connectivity index (χ0v) is 17.3. The lowest BCUT2D eigenvalue weighted by Crippen LogP contribution is -2.23. The van der Waals surface area contributed by atoms with Crippen LogP contribution in [0.2, 0.25) is 0 Å². The molecule has 0 saturated carbocycles. The second-order valence-electron chi connectivity index (χ2n) is 7.37. The Bertz CT molecular complexity index is 1020. The van der Waals surface area contributed by atoms with E-state index in [1.807, 2.05) is 31.2 Å². The van der Waals surface area contributed by atoms with Crippen molar-refractivity contribution in [3.8, 4) is 11.4 Å². The Kier molecular flexibility index (Phi) is 5.97. The van der Waals surface area contributed by atoms with Crippen molar-refractivity contribution in [1.29, 1.82) is 0 Å². The zero-order chi connectivity index (χ0) is 20.3. The van der Waals surface area contributed by atoms with Crippen LogP contribution in [0.4, 0.5) is 0 Å². The molecule has 0 amide bonds. The first-order valence-corrected chi connectivity index (χ1v) is 9.73. The minimum Gasteiger partial charge on any atom is -0.489 e. The van der Waals surface area contributed by atoms with E-state index in [-0.39, 0.29) is 5.69 Å². The van der Waals surface area contributed by atoms with Gasteiger partial charge in [-0.3, -0.25) is 0 Å². The minimum atomic E-state index is -0.280. The predicted molar refractivity (Wildman–Crippen MR) is 110 cm³/mol. The summed E-state index contributed by atoms with van der Waals surface area (Å²) in [7, 11) is 1.59. The Labute approximate surface area is 165 Å². The van der Waals surface area contributed by atoms with Crippen molar-refractivity contribution in [3.63, 3.8) is 0 Å². The second-order valence-corrected chi connectivity index (χ2v) is 7.37. The molecule has 1 heterocycles. The molecule has 3 aromatic rings. The summed E-state index contributed by atoms with van der Waals surface area (Å²) >= 11 is 0. The fourth-order valence-electron chi connectivity index (χ4n) is 3.43. The number of nitrogens with zero attached hydrogens (tertiary/aromatic N) is 4. The van der Waals surface area contributed by atoms with E-state index >= 15 is 0 Å². The van der Waals surface area contributed by atoms with Crippen molar-refractivity contribution in [2.24, 2.45) is 7.05 Å². The average molecular weight is 380 g/mol. The van der Waals surface area contributed by atoms with E-state index in [1.54, 1.807) is 7.05 Å². The third kappa shape index (κ3) is 4.01. The van der Waals surface area contributed by atoms with Crippen LogP contribution in [0, 0.1) is 13.8 Å². The number of aryl methyl sites for hydroxylation is 3. The van der Waals surface area contributed by atoms with Gasteiger partial charge in [0.05, 0.1) is 5.69 Å². The highest BCUT2D eigenvalue weighted by Crippen LogP contribution is 2.27. The van der Waals surface area contributed by atoms with Crippen molar-refractivity contribution in [2.75, 3.05) is 0 Å². The Morgan fingerprint density at radius 1 is 1.11 bits per heavy atom. The maximum atomic E-state index is 12.3. The summed E-state index contributed by atoms with van der Waals surface area (Å²) in [6.07, 6.45) is 2.36. The van der Waals surface area contributed by atoms with Crippen LogP contribution in [0.25, 0.3) is 5.69 Å². The molecule has 6 nitrogen and oxygen atoms in total. The highest BCUT2D eigenvalue weighted by molar-refractivity contribution is 5.45. The van der Waals surface area contributed by atoms with Crippen molar-refractivity contribution in [2.45, 2.75) is 53.1 Å². The van der Waals surface area contributed by atoms with Gasteiger partial charge in [-0.1, -0.05) is 44.5 Å². The van der Waals surface area contributed by atoms with Crippen LogP contribution in [0.15, 0.2) is 41.2 Å². The molecule has 0 aliphatic carbocycles. The van der Waals surface area contributed by atoms with Gasteiger partial charge in [-0.15, -0.1) is 0 Å². The average Bonchev–Trinajstić information content (AvgIpc) is 3.00. The first kappa shape index (κ1) is 19.9. The van der Waals surface area contributed by atoms with Crippen molar-refractivity contribution in [1.82, 2.24) is 19.8 Å². The van der Waals surface area contributed by atoms with Gasteiger partial charge in [-0.25, -0.2) is 4.79 Å². The molecule has 0 saturated heterocycles. The van der Waals surface area contributed by atoms with E-state index in [4.69, 9.17) is 4.74 Å². The van der Waals surface area contributed by atoms with Crippen molar-refractivity contribution in [3.05, 3.63) is 69.1 Å². The maximum absolute atomic E-state index is 12.3. The molecule has 3 rings (SSSR count). The van der Waals surface area contributed by atoms with Gasteiger partial charge in [0.1, 0.15) is 12.4 Å². The first-order chi connectivity index (χ1) is 13.4. The van der Waals surface area contributed by atoms with Gasteiger partial charge in [0, 0.05) is 12.6 Å². The molecule has 6 heteroatoms. The third-order valence-electron chi connectivity index (χ3n) is 5.20. The lowest BCUT2D eigenvalue weighted by molar-refractivity contribution is 0.302. The molecule has 0 radical (unpaired) electrons. The normalized spacial score (nSPS) is 12.2. The minimum absolute atomic E-state index is 0.280. The van der Waals surface area contributed by atoms with Crippen LogP contribution in [0.5, 0.6) is 5.75 Å². The Balaban J connectivity index is 1.86. The molecular weight excluding hydrogens is 352 g/mol. The third-order valence-corrected chi connectivity index (χ3v) is 5.20. The van der Waals surface area contributed by atoms with Crippen molar-refractivity contribution >= 4 is 0 Å². The molecule has 1 aromatic heterocycles. The summed E-state index contributed by atoms with van der Waals surface area (Å²) in [6, 6.07) is 12.2. The fourth-order valence-corrected chi connectivity index (χ4v) is 3.43. The SMILES string of the molecule is CCCC(C)c1ccc(OCc2c(C)cccc2-n2nnn(C)c2=O)c(C)c1. The molecule has 0 fully saturated rings. The monoisotopic (exact) mass is 380 g/mol. The molecule has 0 aliphatic heterocycles. The molecule has 1 atom stereocenters. The molecule has 148 valence electrons. The van der Waals surface area contributed by atoms with E-state index in [0.717, 1.165) is 22.4 Å². The fraction of sp³-hybridized carbons (Fsp3) is 0.409. The zero-order valence-electron chi connectivity index (χ0n) is 17.3. The quantitative estimate of drug-likeness (QED) is 0.620. The van der Waals surface area contributed by atoms with Crippen LogP contribution in [-0.4, -0.2) is 19.8 Å². The van der Waals surface area contributed by atoms with Crippen molar-refractivity contribution < 1.29 is 4.74 Å². The Morgan fingerprint density at radius 3 is 2.54 bits per heavy atom. The molecule has 2 aromatic carbocycles. The number of rotatable bonds is 7. The highest BCUT2D eigenvalue weighted by Gasteiger charge is 2.14. The van der Waals surface area contributed by atoms with Gasteiger partial charge in [0.15, 0.2) is 0 Å². The number of hydrogen-bond donors (Lipinski definition) is 0. The van der Waals surface area contributed by atoms with Crippen LogP contribution >= 0.6 is 0 Å². The van der Waals surface area contributed by atoms with Crippen LogP contribution < -0.4 is 10.4 Å². The maximum Gasteiger partial charge on any atom is 0.368 e. The van der Waals surface area contributed by atoms with Gasteiger partial charge in [-0.05, 0) is 65.4 Å². The van der Waals surface area contributed by atoms with Gasteiger partial charge < -0.3 is 4.74 Å². The molecule has 28 heavy (non-hydrogen) atoms. The number of hydrogen-bond acceptors (Lipinski definition) is 4. The van der Waals surface area contributed by atoms with E-state index in [9.17, 15) is 4.79 Å². The molecule has 0 N–H and O–H groups in total. The van der Waals surface area contributed by atoms with Gasteiger partial charge >= 0.3 is 5.69 Å². The van der Waals surface area contributed by atoms with Crippen LogP contribution in [-0.2, 0) is 13.7 Å². The summed E-state index contributed by atoms with van der Waals surface area (Å²) in [5, 5.41) is 7.78. The second kappa shape index (κ2) is 8.42. The van der Waals surface area contributed by atoms with Gasteiger partial charge in [0.25, 0.3) is 0 Å². The summed E-state index contributed by atoms with van der Waals surface area (Å²) in [5.41, 5.74) is 4.84. The van der Waals surface area contributed by atoms with Crippen LogP contribution in [0.1, 0.15) is 54.9 Å². The summed E-state index contributed by atoms with van der Waals surface area (Å²) in [5.74, 6) is 1.40. The van der Waals surface area contributed by atoms with E-state index in [1.165, 1.54) is 27.8 Å². The summed E-state index contributed by atoms with van der Waals surface area (Å²) < 4.78 is 8.67. The lowest BCUT2D eigenvalue weighted by atomic mass is 9.95. The summed E-state index contributed by atoms with van der Waals surface area (Å²) in [4.78, 5) is 12.3. The van der Waals surface area contributed by atoms with Gasteiger partial charge in [0.2, 0.25) is 0 Å². The lowest BCUT2D eigenvalue weighted by Gasteiger charge is -2.16. The van der Waals surface area contributed by atoms with Crippen LogP contribution in [0.3, 0.4) is 0 Å².